The minimum atomic E-state index is -0.170. The van der Waals surface area contributed by atoms with Crippen LogP contribution in [0.15, 0.2) is 24.3 Å². The van der Waals surface area contributed by atoms with Crippen molar-refractivity contribution in [3.05, 3.63) is 29.3 Å². The number of nitrogens with one attached hydrogen (secondary N) is 2. The summed E-state index contributed by atoms with van der Waals surface area (Å²) in [5.41, 5.74) is 4.16. The van der Waals surface area contributed by atoms with Crippen LogP contribution >= 0.6 is 23.8 Å². The maximum absolute atomic E-state index is 5.85. The van der Waals surface area contributed by atoms with Gasteiger partial charge in [0.1, 0.15) is 5.66 Å². The average molecular weight is 256 g/mol. The van der Waals surface area contributed by atoms with Crippen LogP contribution in [-0.4, -0.2) is 10.8 Å². The molecular weight excluding hydrogens is 242 g/mol. The lowest BCUT2D eigenvalue weighted by Gasteiger charge is -2.23. The van der Waals surface area contributed by atoms with Gasteiger partial charge in [-0.2, -0.15) is 0 Å². The Balaban J connectivity index is 2.23. The summed E-state index contributed by atoms with van der Waals surface area (Å²) in [6.45, 7) is 4.18. The lowest BCUT2D eigenvalue weighted by molar-refractivity contribution is 0.362. The molecule has 1 heterocycles. The van der Waals surface area contributed by atoms with E-state index in [0.717, 1.165) is 17.1 Å². The number of benzene rings is 1. The molecule has 2 rings (SSSR count). The highest BCUT2D eigenvalue weighted by Crippen LogP contribution is 2.22. The Morgan fingerprint density at radius 2 is 2.00 bits per heavy atom. The summed E-state index contributed by atoms with van der Waals surface area (Å²) in [6, 6.07) is 7.57. The Labute approximate surface area is 106 Å². The SMILES string of the molecule is CC[C@]1(C)NC(=S)N(c2ccc(Cl)cc2)N1. The Morgan fingerprint density at radius 3 is 2.50 bits per heavy atom. The zero-order valence-electron chi connectivity index (χ0n) is 9.25. The third-order valence-electron chi connectivity index (χ3n) is 2.74. The number of rotatable bonds is 2. The Morgan fingerprint density at radius 1 is 1.38 bits per heavy atom. The van der Waals surface area contributed by atoms with Crippen LogP contribution in [0.3, 0.4) is 0 Å². The van der Waals surface area contributed by atoms with Crippen LogP contribution in [0.4, 0.5) is 5.69 Å². The molecule has 5 heteroatoms. The molecule has 86 valence electrons. The van der Waals surface area contributed by atoms with Gasteiger partial charge < -0.3 is 5.32 Å². The molecule has 1 aliphatic rings. The molecule has 0 radical (unpaired) electrons. The zero-order chi connectivity index (χ0) is 11.8. The maximum atomic E-state index is 5.85. The lowest BCUT2D eigenvalue weighted by Crippen LogP contribution is -2.47. The van der Waals surface area contributed by atoms with E-state index in [1.807, 2.05) is 29.3 Å². The number of hydrazine groups is 1. The van der Waals surface area contributed by atoms with E-state index in [2.05, 4.69) is 24.6 Å². The van der Waals surface area contributed by atoms with Crippen molar-refractivity contribution in [2.45, 2.75) is 25.9 Å². The summed E-state index contributed by atoms with van der Waals surface area (Å²) in [7, 11) is 0. The van der Waals surface area contributed by atoms with E-state index in [-0.39, 0.29) is 5.66 Å². The quantitative estimate of drug-likeness (QED) is 0.795. The van der Waals surface area contributed by atoms with Gasteiger partial charge in [-0.1, -0.05) is 18.5 Å². The predicted molar refractivity (Wildman–Crippen MR) is 71.5 cm³/mol. The standard InChI is InChI=1S/C11H14ClN3S/c1-3-11(2)13-10(16)15(14-11)9-6-4-8(12)5-7-9/h4-7,14H,3H2,1-2H3,(H,13,16)/t11-/m1/s1. The number of thiocarbonyl (C=S) groups is 1. The number of hydrogen-bond acceptors (Lipinski definition) is 2. The highest BCUT2D eigenvalue weighted by Gasteiger charge is 2.34. The van der Waals surface area contributed by atoms with Gasteiger partial charge in [0, 0.05) is 5.02 Å². The van der Waals surface area contributed by atoms with Crippen molar-refractivity contribution in [2.75, 3.05) is 5.01 Å². The second kappa shape index (κ2) is 4.20. The smallest absolute Gasteiger partial charge is 0.189 e. The average Bonchev–Trinajstić information content (AvgIpc) is 2.57. The summed E-state index contributed by atoms with van der Waals surface area (Å²) in [5, 5.41) is 6.54. The van der Waals surface area contributed by atoms with E-state index in [1.165, 1.54) is 0 Å². The van der Waals surface area contributed by atoms with E-state index < -0.39 is 0 Å². The van der Waals surface area contributed by atoms with Gasteiger partial charge in [-0.05, 0) is 49.8 Å². The van der Waals surface area contributed by atoms with Crippen molar-refractivity contribution >= 4 is 34.6 Å². The normalized spacial score (nSPS) is 24.7. The first-order valence-corrected chi connectivity index (χ1v) is 5.98. The highest BCUT2D eigenvalue weighted by molar-refractivity contribution is 7.80. The fourth-order valence-electron chi connectivity index (χ4n) is 1.56. The number of hydrogen-bond donors (Lipinski definition) is 2. The second-order valence-corrected chi connectivity index (χ2v) is 4.86. The molecule has 0 bridgehead atoms. The fourth-order valence-corrected chi connectivity index (χ4v) is 2.06. The molecule has 0 amide bonds. The van der Waals surface area contributed by atoms with Gasteiger partial charge in [0.25, 0.3) is 0 Å². The van der Waals surface area contributed by atoms with Crippen molar-refractivity contribution in [3.8, 4) is 0 Å². The first kappa shape index (κ1) is 11.6. The minimum absolute atomic E-state index is 0.170. The summed E-state index contributed by atoms with van der Waals surface area (Å²) in [4.78, 5) is 0. The van der Waals surface area contributed by atoms with Crippen molar-refractivity contribution in [1.82, 2.24) is 10.7 Å². The van der Waals surface area contributed by atoms with Crippen LogP contribution in [0.1, 0.15) is 20.3 Å². The third kappa shape index (κ3) is 2.14. The van der Waals surface area contributed by atoms with E-state index in [0.29, 0.717) is 5.11 Å². The predicted octanol–water partition coefficient (Wildman–Crippen LogP) is 2.67. The Hall–Kier alpha value is -0.840. The number of nitrogens with zero attached hydrogens (tertiary/aromatic N) is 1. The van der Waals surface area contributed by atoms with Crippen LogP contribution in [0.2, 0.25) is 5.02 Å². The Bertz CT molecular complexity index is 406. The van der Waals surface area contributed by atoms with Crippen molar-refractivity contribution in [1.29, 1.82) is 0 Å². The molecule has 1 aromatic carbocycles. The molecule has 0 saturated carbocycles. The van der Waals surface area contributed by atoms with Gasteiger partial charge in [-0.3, -0.25) is 5.01 Å². The monoisotopic (exact) mass is 255 g/mol. The molecule has 1 fully saturated rings. The lowest BCUT2D eigenvalue weighted by atomic mass is 10.2. The summed E-state index contributed by atoms with van der Waals surface area (Å²) in [6.07, 6.45) is 0.942. The van der Waals surface area contributed by atoms with E-state index >= 15 is 0 Å². The second-order valence-electron chi connectivity index (χ2n) is 4.04. The van der Waals surface area contributed by atoms with Gasteiger partial charge in [0.15, 0.2) is 5.11 Å². The molecule has 1 saturated heterocycles. The van der Waals surface area contributed by atoms with E-state index in [1.54, 1.807) is 0 Å². The first-order valence-electron chi connectivity index (χ1n) is 5.20. The summed E-state index contributed by atoms with van der Waals surface area (Å²) in [5.74, 6) is 0. The maximum Gasteiger partial charge on any atom is 0.189 e. The van der Waals surface area contributed by atoms with Gasteiger partial charge in [-0.25, -0.2) is 5.43 Å². The summed E-state index contributed by atoms with van der Waals surface area (Å²) >= 11 is 11.1. The van der Waals surface area contributed by atoms with Crippen LogP contribution < -0.4 is 15.8 Å². The van der Waals surface area contributed by atoms with Crippen molar-refractivity contribution < 1.29 is 0 Å². The van der Waals surface area contributed by atoms with E-state index in [4.69, 9.17) is 23.8 Å². The first-order chi connectivity index (χ1) is 7.54. The molecule has 1 atom stereocenters. The largest absolute Gasteiger partial charge is 0.342 e. The molecule has 0 aliphatic carbocycles. The van der Waals surface area contributed by atoms with Crippen LogP contribution in [0, 0.1) is 0 Å². The highest BCUT2D eigenvalue weighted by atomic mass is 35.5. The zero-order valence-corrected chi connectivity index (χ0v) is 10.8. The van der Waals surface area contributed by atoms with Crippen LogP contribution in [-0.2, 0) is 0 Å². The molecule has 0 aromatic heterocycles. The van der Waals surface area contributed by atoms with E-state index in [9.17, 15) is 0 Å². The van der Waals surface area contributed by atoms with Gasteiger partial charge >= 0.3 is 0 Å². The van der Waals surface area contributed by atoms with Gasteiger partial charge in [0.2, 0.25) is 0 Å². The molecule has 1 aromatic rings. The topological polar surface area (TPSA) is 27.3 Å². The summed E-state index contributed by atoms with van der Waals surface area (Å²) < 4.78 is 0. The molecule has 0 unspecified atom stereocenters. The van der Waals surface area contributed by atoms with Crippen molar-refractivity contribution in [3.63, 3.8) is 0 Å². The molecular formula is C11H14ClN3S. The molecule has 0 spiro atoms. The molecule has 16 heavy (non-hydrogen) atoms. The Kier molecular flexibility index (Phi) is 3.06. The molecule has 3 nitrogen and oxygen atoms in total. The number of anilines is 1. The van der Waals surface area contributed by atoms with Crippen LogP contribution in [0.25, 0.3) is 0 Å². The third-order valence-corrected chi connectivity index (χ3v) is 3.27. The van der Waals surface area contributed by atoms with Crippen molar-refractivity contribution in [2.24, 2.45) is 0 Å². The van der Waals surface area contributed by atoms with Crippen LogP contribution in [0.5, 0.6) is 0 Å². The minimum Gasteiger partial charge on any atom is -0.342 e. The van der Waals surface area contributed by atoms with Gasteiger partial charge in [-0.15, -0.1) is 0 Å². The fraction of sp³-hybridized carbons (Fsp3) is 0.364. The number of halogens is 1. The molecule has 1 aliphatic heterocycles. The van der Waals surface area contributed by atoms with Gasteiger partial charge in [0.05, 0.1) is 5.69 Å². The molecule has 2 N–H and O–H groups in total.